The summed E-state index contributed by atoms with van der Waals surface area (Å²) in [4.78, 5) is 12.0. The molecule has 0 bridgehead atoms. The predicted molar refractivity (Wildman–Crippen MR) is 82.3 cm³/mol. The standard InChI is InChI=1S/C14H20ClNO4S/c1-3-4-8-20-9-7-16-14(17)13-6-5-12(10-11(13)2)21(15,18)19/h5-6,10H,3-4,7-9H2,1-2H3,(H,16,17). The van der Waals surface area contributed by atoms with Gasteiger partial charge in [0.05, 0.1) is 11.5 Å². The highest BCUT2D eigenvalue weighted by Gasteiger charge is 2.14. The second kappa shape index (κ2) is 8.36. The smallest absolute Gasteiger partial charge is 0.261 e. The number of carbonyl (C=O) groups is 1. The molecule has 1 amide bonds. The largest absolute Gasteiger partial charge is 0.380 e. The van der Waals surface area contributed by atoms with Crippen LogP contribution in [-0.4, -0.2) is 34.1 Å². The minimum Gasteiger partial charge on any atom is -0.380 e. The van der Waals surface area contributed by atoms with Gasteiger partial charge in [0.1, 0.15) is 0 Å². The van der Waals surface area contributed by atoms with Crippen molar-refractivity contribution in [2.45, 2.75) is 31.6 Å². The molecule has 0 saturated carbocycles. The van der Waals surface area contributed by atoms with E-state index in [0.717, 1.165) is 12.8 Å². The molecule has 0 spiro atoms. The highest BCUT2D eigenvalue weighted by atomic mass is 35.7. The van der Waals surface area contributed by atoms with Gasteiger partial charge in [-0.2, -0.15) is 0 Å². The Kier molecular flexibility index (Phi) is 7.14. The van der Waals surface area contributed by atoms with Crippen LogP contribution in [0.4, 0.5) is 0 Å². The SMILES string of the molecule is CCCCOCCNC(=O)c1ccc(S(=O)(=O)Cl)cc1C. The highest BCUT2D eigenvalue weighted by molar-refractivity contribution is 8.13. The fourth-order valence-corrected chi connectivity index (χ4v) is 2.56. The third kappa shape index (κ3) is 6.03. The molecule has 1 N–H and O–H groups in total. The van der Waals surface area contributed by atoms with Crippen molar-refractivity contribution in [3.8, 4) is 0 Å². The van der Waals surface area contributed by atoms with Gasteiger partial charge in [-0.05, 0) is 37.1 Å². The Morgan fingerprint density at radius 3 is 2.62 bits per heavy atom. The average Bonchev–Trinajstić information content (AvgIpc) is 2.41. The topological polar surface area (TPSA) is 72.5 Å². The maximum Gasteiger partial charge on any atom is 0.261 e. The zero-order valence-corrected chi connectivity index (χ0v) is 13.8. The van der Waals surface area contributed by atoms with E-state index in [0.29, 0.717) is 30.9 Å². The molecular formula is C14H20ClNO4S. The van der Waals surface area contributed by atoms with Crippen LogP contribution in [0.15, 0.2) is 23.1 Å². The lowest BCUT2D eigenvalue weighted by Crippen LogP contribution is -2.28. The van der Waals surface area contributed by atoms with E-state index in [2.05, 4.69) is 12.2 Å². The van der Waals surface area contributed by atoms with Gasteiger partial charge in [-0.3, -0.25) is 4.79 Å². The first-order chi connectivity index (χ1) is 9.86. The third-order valence-corrected chi connectivity index (χ3v) is 4.25. The van der Waals surface area contributed by atoms with E-state index >= 15 is 0 Å². The van der Waals surface area contributed by atoms with Crippen molar-refractivity contribution in [3.63, 3.8) is 0 Å². The van der Waals surface area contributed by atoms with Gasteiger partial charge in [0.25, 0.3) is 15.0 Å². The summed E-state index contributed by atoms with van der Waals surface area (Å²) in [5.74, 6) is -0.259. The first-order valence-corrected chi connectivity index (χ1v) is 9.08. The Morgan fingerprint density at radius 1 is 1.33 bits per heavy atom. The molecule has 118 valence electrons. The van der Waals surface area contributed by atoms with Crippen LogP contribution in [0.2, 0.25) is 0 Å². The van der Waals surface area contributed by atoms with Crippen molar-refractivity contribution < 1.29 is 17.9 Å². The van der Waals surface area contributed by atoms with Gasteiger partial charge < -0.3 is 10.1 Å². The van der Waals surface area contributed by atoms with Crippen LogP contribution in [0, 0.1) is 6.92 Å². The van der Waals surface area contributed by atoms with Gasteiger partial charge in [0.2, 0.25) is 0 Å². The van der Waals surface area contributed by atoms with E-state index in [4.69, 9.17) is 15.4 Å². The first-order valence-electron chi connectivity index (χ1n) is 6.77. The number of ether oxygens (including phenoxy) is 1. The lowest BCUT2D eigenvalue weighted by molar-refractivity contribution is 0.0912. The van der Waals surface area contributed by atoms with E-state index < -0.39 is 9.05 Å². The van der Waals surface area contributed by atoms with Crippen molar-refractivity contribution in [3.05, 3.63) is 29.3 Å². The van der Waals surface area contributed by atoms with E-state index in [9.17, 15) is 13.2 Å². The van der Waals surface area contributed by atoms with Gasteiger partial charge in [-0.15, -0.1) is 0 Å². The molecular weight excluding hydrogens is 314 g/mol. The van der Waals surface area contributed by atoms with Gasteiger partial charge in [0.15, 0.2) is 0 Å². The number of aryl methyl sites for hydroxylation is 1. The van der Waals surface area contributed by atoms with Crippen molar-refractivity contribution in [1.82, 2.24) is 5.32 Å². The molecule has 1 aromatic rings. The van der Waals surface area contributed by atoms with Crippen LogP contribution in [0.5, 0.6) is 0 Å². The van der Waals surface area contributed by atoms with Crippen molar-refractivity contribution >= 4 is 25.6 Å². The van der Waals surface area contributed by atoms with Crippen LogP contribution in [0.3, 0.4) is 0 Å². The van der Waals surface area contributed by atoms with E-state index in [1.165, 1.54) is 18.2 Å². The molecule has 0 aliphatic heterocycles. The summed E-state index contributed by atoms with van der Waals surface area (Å²) in [7, 11) is 1.48. The van der Waals surface area contributed by atoms with Crippen molar-refractivity contribution in [2.75, 3.05) is 19.8 Å². The number of benzene rings is 1. The van der Waals surface area contributed by atoms with Gasteiger partial charge in [-0.25, -0.2) is 8.42 Å². The van der Waals surface area contributed by atoms with Crippen LogP contribution in [0.25, 0.3) is 0 Å². The number of amides is 1. The molecule has 1 rings (SSSR count). The fraction of sp³-hybridized carbons (Fsp3) is 0.500. The second-order valence-corrected chi connectivity index (χ2v) is 7.20. The van der Waals surface area contributed by atoms with Gasteiger partial charge >= 0.3 is 0 Å². The number of rotatable bonds is 8. The molecule has 21 heavy (non-hydrogen) atoms. The summed E-state index contributed by atoms with van der Waals surface area (Å²) < 4.78 is 27.8. The van der Waals surface area contributed by atoms with E-state index in [1.54, 1.807) is 6.92 Å². The predicted octanol–water partition coefficient (Wildman–Crippen LogP) is 2.47. The molecule has 0 radical (unpaired) electrons. The molecule has 0 aliphatic rings. The maximum atomic E-state index is 12.0. The Morgan fingerprint density at radius 2 is 2.05 bits per heavy atom. The Balaban J connectivity index is 2.55. The van der Waals surface area contributed by atoms with Crippen LogP contribution >= 0.6 is 10.7 Å². The molecule has 0 atom stereocenters. The Labute approximate surface area is 130 Å². The number of hydrogen-bond acceptors (Lipinski definition) is 4. The molecule has 0 saturated heterocycles. The van der Waals surface area contributed by atoms with Gasteiger partial charge in [0, 0.05) is 29.4 Å². The molecule has 0 fully saturated rings. The Bertz CT molecular complexity index is 587. The molecule has 5 nitrogen and oxygen atoms in total. The average molecular weight is 334 g/mol. The first kappa shape index (κ1) is 17.9. The minimum absolute atomic E-state index is 0.0129. The molecule has 7 heteroatoms. The van der Waals surface area contributed by atoms with E-state index in [1.807, 2.05) is 0 Å². The normalized spacial score (nSPS) is 11.4. The summed E-state index contributed by atoms with van der Waals surface area (Å²) in [6.45, 7) is 5.31. The van der Waals surface area contributed by atoms with Gasteiger partial charge in [-0.1, -0.05) is 13.3 Å². The lowest BCUT2D eigenvalue weighted by Gasteiger charge is -2.09. The lowest BCUT2D eigenvalue weighted by atomic mass is 10.1. The maximum absolute atomic E-state index is 12.0. The summed E-state index contributed by atoms with van der Waals surface area (Å²) in [5.41, 5.74) is 0.980. The van der Waals surface area contributed by atoms with E-state index in [-0.39, 0.29) is 10.8 Å². The molecule has 1 aromatic carbocycles. The van der Waals surface area contributed by atoms with Crippen molar-refractivity contribution in [2.24, 2.45) is 0 Å². The monoisotopic (exact) mass is 333 g/mol. The Hall–Kier alpha value is -1.11. The number of hydrogen-bond donors (Lipinski definition) is 1. The molecule has 0 aliphatic carbocycles. The highest BCUT2D eigenvalue weighted by Crippen LogP contribution is 2.18. The number of carbonyl (C=O) groups excluding carboxylic acids is 1. The fourth-order valence-electron chi connectivity index (χ4n) is 1.72. The summed E-state index contributed by atoms with van der Waals surface area (Å²) in [6.07, 6.45) is 2.07. The third-order valence-electron chi connectivity index (χ3n) is 2.90. The molecule has 0 heterocycles. The summed E-state index contributed by atoms with van der Waals surface area (Å²) >= 11 is 0. The summed E-state index contributed by atoms with van der Waals surface area (Å²) in [6, 6.07) is 4.16. The van der Waals surface area contributed by atoms with Crippen molar-refractivity contribution in [1.29, 1.82) is 0 Å². The zero-order valence-electron chi connectivity index (χ0n) is 12.2. The van der Waals surface area contributed by atoms with Crippen LogP contribution in [0.1, 0.15) is 35.7 Å². The summed E-state index contributed by atoms with van der Waals surface area (Å²) in [5, 5.41) is 2.73. The second-order valence-electron chi connectivity index (χ2n) is 4.64. The minimum atomic E-state index is -3.78. The van der Waals surface area contributed by atoms with Crippen LogP contribution < -0.4 is 5.32 Å². The zero-order chi connectivity index (χ0) is 15.9. The number of halogens is 1. The molecule has 0 aromatic heterocycles. The van der Waals surface area contributed by atoms with Crippen LogP contribution in [-0.2, 0) is 13.8 Å². The molecule has 0 unspecified atom stereocenters. The number of unbranched alkanes of at least 4 members (excludes halogenated alkanes) is 1. The quantitative estimate of drug-likeness (QED) is 0.586. The number of nitrogens with one attached hydrogen (secondary N) is 1.